The normalized spacial score (nSPS) is 26.9. The van der Waals surface area contributed by atoms with E-state index in [2.05, 4.69) is 6.92 Å². The standard InChI is InChI=1S/C13H24O2/c1-10(2)15-8-7-13(14)12-6-4-5-11(3)9-12/h10-12H,4-9H2,1-3H3. The fourth-order valence-electron chi connectivity index (χ4n) is 2.33. The van der Waals surface area contributed by atoms with Crippen molar-refractivity contribution >= 4 is 5.78 Å². The van der Waals surface area contributed by atoms with Crippen molar-refractivity contribution < 1.29 is 9.53 Å². The summed E-state index contributed by atoms with van der Waals surface area (Å²) in [5.41, 5.74) is 0. The number of rotatable bonds is 5. The second-order valence-electron chi connectivity index (χ2n) is 5.10. The van der Waals surface area contributed by atoms with Gasteiger partial charge in [-0.3, -0.25) is 4.79 Å². The van der Waals surface area contributed by atoms with Gasteiger partial charge >= 0.3 is 0 Å². The number of ketones is 1. The fourth-order valence-corrected chi connectivity index (χ4v) is 2.33. The molecule has 1 fully saturated rings. The molecule has 15 heavy (non-hydrogen) atoms. The molecule has 2 unspecified atom stereocenters. The van der Waals surface area contributed by atoms with Crippen LogP contribution in [0.4, 0.5) is 0 Å². The molecule has 0 aromatic rings. The molecule has 0 amide bonds. The van der Waals surface area contributed by atoms with Gasteiger partial charge in [-0.1, -0.05) is 19.8 Å². The molecule has 0 aromatic heterocycles. The summed E-state index contributed by atoms with van der Waals surface area (Å²) in [6.07, 6.45) is 5.57. The van der Waals surface area contributed by atoms with Crippen LogP contribution in [0.25, 0.3) is 0 Å². The SMILES string of the molecule is CC1CCCC(C(=O)CCOC(C)C)C1. The summed E-state index contributed by atoms with van der Waals surface area (Å²) in [6.45, 7) is 6.87. The number of carbonyl (C=O) groups is 1. The predicted molar refractivity (Wildman–Crippen MR) is 61.8 cm³/mol. The molecule has 2 heteroatoms. The molecule has 0 saturated heterocycles. The maximum atomic E-state index is 11.8. The van der Waals surface area contributed by atoms with E-state index in [1.807, 2.05) is 13.8 Å². The van der Waals surface area contributed by atoms with Crippen molar-refractivity contribution in [3.8, 4) is 0 Å². The van der Waals surface area contributed by atoms with Crippen LogP contribution in [-0.2, 0) is 9.53 Å². The summed E-state index contributed by atoms with van der Waals surface area (Å²) in [6, 6.07) is 0. The highest BCUT2D eigenvalue weighted by molar-refractivity contribution is 5.81. The van der Waals surface area contributed by atoms with E-state index in [9.17, 15) is 4.79 Å². The van der Waals surface area contributed by atoms with Crippen LogP contribution in [0.3, 0.4) is 0 Å². The zero-order chi connectivity index (χ0) is 11.3. The summed E-state index contributed by atoms with van der Waals surface area (Å²) in [5.74, 6) is 1.48. The van der Waals surface area contributed by atoms with Crippen molar-refractivity contribution in [2.75, 3.05) is 6.61 Å². The van der Waals surface area contributed by atoms with Crippen molar-refractivity contribution in [3.05, 3.63) is 0 Å². The molecule has 0 spiro atoms. The first-order chi connectivity index (χ1) is 7.09. The Morgan fingerprint density at radius 3 is 2.73 bits per heavy atom. The second-order valence-corrected chi connectivity index (χ2v) is 5.10. The van der Waals surface area contributed by atoms with Crippen LogP contribution in [0.15, 0.2) is 0 Å². The summed E-state index contributed by atoms with van der Waals surface area (Å²) < 4.78 is 5.41. The van der Waals surface area contributed by atoms with Crippen LogP contribution < -0.4 is 0 Å². The Morgan fingerprint density at radius 2 is 2.13 bits per heavy atom. The van der Waals surface area contributed by atoms with Gasteiger partial charge in [0.15, 0.2) is 0 Å². The highest BCUT2D eigenvalue weighted by Crippen LogP contribution is 2.29. The van der Waals surface area contributed by atoms with Crippen molar-refractivity contribution in [2.24, 2.45) is 11.8 Å². The van der Waals surface area contributed by atoms with Crippen molar-refractivity contribution in [3.63, 3.8) is 0 Å². The van der Waals surface area contributed by atoms with Gasteiger partial charge < -0.3 is 4.74 Å². The van der Waals surface area contributed by atoms with Gasteiger partial charge in [-0.15, -0.1) is 0 Å². The molecule has 1 rings (SSSR count). The molecule has 2 nitrogen and oxygen atoms in total. The van der Waals surface area contributed by atoms with Gasteiger partial charge in [-0.05, 0) is 32.6 Å². The molecule has 1 aliphatic rings. The van der Waals surface area contributed by atoms with Crippen LogP contribution in [0.1, 0.15) is 52.9 Å². The lowest BCUT2D eigenvalue weighted by atomic mass is 9.80. The molecule has 0 bridgehead atoms. The van der Waals surface area contributed by atoms with E-state index in [0.717, 1.165) is 18.8 Å². The lowest BCUT2D eigenvalue weighted by Crippen LogP contribution is -2.23. The van der Waals surface area contributed by atoms with E-state index >= 15 is 0 Å². The van der Waals surface area contributed by atoms with E-state index in [0.29, 0.717) is 24.7 Å². The second kappa shape index (κ2) is 6.26. The maximum Gasteiger partial charge on any atom is 0.138 e. The minimum absolute atomic E-state index is 0.239. The molecule has 0 radical (unpaired) electrons. The Bertz CT molecular complexity index is 199. The van der Waals surface area contributed by atoms with Gasteiger partial charge in [-0.25, -0.2) is 0 Å². The molecule has 0 heterocycles. The van der Waals surface area contributed by atoms with Gasteiger partial charge in [0.1, 0.15) is 5.78 Å². The highest BCUT2D eigenvalue weighted by Gasteiger charge is 2.24. The lowest BCUT2D eigenvalue weighted by Gasteiger charge is -2.25. The third-order valence-corrected chi connectivity index (χ3v) is 3.19. The summed E-state index contributed by atoms with van der Waals surface area (Å²) in [4.78, 5) is 11.8. The van der Waals surface area contributed by atoms with Gasteiger partial charge in [0.2, 0.25) is 0 Å². The third kappa shape index (κ3) is 4.78. The van der Waals surface area contributed by atoms with Gasteiger partial charge in [0.05, 0.1) is 12.7 Å². The average Bonchev–Trinajstić information content (AvgIpc) is 2.17. The van der Waals surface area contributed by atoms with E-state index < -0.39 is 0 Å². The van der Waals surface area contributed by atoms with Gasteiger partial charge in [-0.2, -0.15) is 0 Å². The maximum absolute atomic E-state index is 11.8. The minimum Gasteiger partial charge on any atom is -0.378 e. The van der Waals surface area contributed by atoms with Crippen LogP contribution >= 0.6 is 0 Å². The molecule has 88 valence electrons. The van der Waals surface area contributed by atoms with Crippen molar-refractivity contribution in [1.29, 1.82) is 0 Å². The van der Waals surface area contributed by atoms with Crippen LogP contribution in [0.2, 0.25) is 0 Å². The molecular weight excluding hydrogens is 188 g/mol. The number of Topliss-reactive ketones (excluding diaryl/α,β-unsaturated/α-hetero) is 1. The first-order valence-corrected chi connectivity index (χ1v) is 6.24. The number of carbonyl (C=O) groups excluding carboxylic acids is 1. The van der Waals surface area contributed by atoms with Gasteiger partial charge in [0, 0.05) is 12.3 Å². The highest BCUT2D eigenvalue weighted by atomic mass is 16.5. The Kier molecular flexibility index (Phi) is 5.30. The number of ether oxygens (including phenoxy) is 1. The summed E-state index contributed by atoms with van der Waals surface area (Å²) >= 11 is 0. The third-order valence-electron chi connectivity index (χ3n) is 3.19. The van der Waals surface area contributed by atoms with Crippen LogP contribution in [0.5, 0.6) is 0 Å². The molecule has 1 saturated carbocycles. The van der Waals surface area contributed by atoms with E-state index in [1.54, 1.807) is 0 Å². The average molecular weight is 212 g/mol. The largest absolute Gasteiger partial charge is 0.378 e. The minimum atomic E-state index is 0.239. The first kappa shape index (κ1) is 12.7. The van der Waals surface area contributed by atoms with E-state index in [-0.39, 0.29) is 6.10 Å². The molecule has 0 aliphatic heterocycles. The lowest BCUT2D eigenvalue weighted by molar-refractivity contribution is -0.125. The zero-order valence-electron chi connectivity index (χ0n) is 10.3. The summed E-state index contributed by atoms with van der Waals surface area (Å²) in [5, 5.41) is 0. The predicted octanol–water partition coefficient (Wildman–Crippen LogP) is 3.20. The monoisotopic (exact) mass is 212 g/mol. The summed E-state index contributed by atoms with van der Waals surface area (Å²) in [7, 11) is 0. The van der Waals surface area contributed by atoms with E-state index in [1.165, 1.54) is 12.8 Å². The smallest absolute Gasteiger partial charge is 0.138 e. The Hall–Kier alpha value is -0.370. The van der Waals surface area contributed by atoms with E-state index in [4.69, 9.17) is 4.74 Å². The zero-order valence-corrected chi connectivity index (χ0v) is 10.3. The number of hydrogen-bond acceptors (Lipinski definition) is 2. The topological polar surface area (TPSA) is 26.3 Å². The van der Waals surface area contributed by atoms with Crippen LogP contribution in [0, 0.1) is 11.8 Å². The Balaban J connectivity index is 2.21. The molecule has 1 aliphatic carbocycles. The van der Waals surface area contributed by atoms with Crippen LogP contribution in [-0.4, -0.2) is 18.5 Å². The van der Waals surface area contributed by atoms with Crippen molar-refractivity contribution in [2.45, 2.75) is 59.0 Å². The van der Waals surface area contributed by atoms with Crippen molar-refractivity contribution in [1.82, 2.24) is 0 Å². The molecule has 0 N–H and O–H groups in total. The molecule has 2 atom stereocenters. The molecule has 0 aromatic carbocycles. The quantitative estimate of drug-likeness (QED) is 0.699. The Labute approximate surface area is 93.4 Å². The Morgan fingerprint density at radius 1 is 1.40 bits per heavy atom. The first-order valence-electron chi connectivity index (χ1n) is 6.24. The van der Waals surface area contributed by atoms with Gasteiger partial charge in [0.25, 0.3) is 0 Å². The molecular formula is C13H24O2. The number of hydrogen-bond donors (Lipinski definition) is 0. The fraction of sp³-hybridized carbons (Fsp3) is 0.923.